The average molecular weight is 280 g/mol. The van der Waals surface area contributed by atoms with Crippen LogP contribution in [0.5, 0.6) is 0 Å². The molecule has 3 N–H and O–H groups in total. The van der Waals surface area contributed by atoms with Gasteiger partial charge in [0.1, 0.15) is 0 Å². The summed E-state index contributed by atoms with van der Waals surface area (Å²) in [6.45, 7) is 6.41. The number of carbonyl (C=O) groups excluding carboxylic acids is 3. The molecule has 0 aliphatic rings. The number of rotatable bonds is 9. The molecule has 5 heteroatoms. The van der Waals surface area contributed by atoms with Crippen molar-refractivity contribution in [3.63, 3.8) is 0 Å². The Bertz CT molecular complexity index is 419. The van der Waals surface area contributed by atoms with E-state index in [2.05, 4.69) is 25.2 Å². The van der Waals surface area contributed by atoms with E-state index in [9.17, 15) is 14.4 Å². The van der Waals surface area contributed by atoms with Crippen molar-refractivity contribution < 1.29 is 14.4 Å². The van der Waals surface area contributed by atoms with Gasteiger partial charge in [-0.25, -0.2) is 0 Å². The Hall–Kier alpha value is -1.91. The molecule has 0 saturated carbocycles. The summed E-state index contributed by atoms with van der Waals surface area (Å²) in [5.74, 6) is -1.86. The Morgan fingerprint density at radius 2 is 1.65 bits per heavy atom. The monoisotopic (exact) mass is 280 g/mol. The quantitative estimate of drug-likeness (QED) is 0.497. The van der Waals surface area contributed by atoms with Gasteiger partial charge in [0.15, 0.2) is 0 Å². The third-order valence-electron chi connectivity index (χ3n) is 2.66. The molecular formula is C15H24N2O3. The zero-order valence-electron chi connectivity index (χ0n) is 12.5. The molecular weight excluding hydrogens is 256 g/mol. The molecule has 0 aromatic heterocycles. The summed E-state index contributed by atoms with van der Waals surface area (Å²) in [5, 5.41) is 2.50. The lowest BCUT2D eigenvalue weighted by Gasteiger charge is -2.02. The second-order valence-corrected chi connectivity index (χ2v) is 4.97. The van der Waals surface area contributed by atoms with Crippen LogP contribution >= 0.6 is 0 Å². The van der Waals surface area contributed by atoms with Gasteiger partial charge in [0.25, 0.3) is 5.91 Å². The molecule has 0 unspecified atom stereocenters. The lowest BCUT2D eigenvalue weighted by molar-refractivity contribution is -0.138. The van der Waals surface area contributed by atoms with Crippen LogP contribution in [-0.4, -0.2) is 24.1 Å². The lowest BCUT2D eigenvalue weighted by atomic mass is 10.1. The summed E-state index contributed by atoms with van der Waals surface area (Å²) in [5.41, 5.74) is 7.35. The maximum atomic E-state index is 11.4. The first kappa shape index (κ1) is 18.1. The van der Waals surface area contributed by atoms with Crippen LogP contribution < -0.4 is 11.1 Å². The Kier molecular flexibility index (Phi) is 9.00. The van der Waals surface area contributed by atoms with Crippen LogP contribution in [0.15, 0.2) is 23.3 Å². The van der Waals surface area contributed by atoms with Gasteiger partial charge in [-0.1, -0.05) is 23.3 Å². The van der Waals surface area contributed by atoms with E-state index < -0.39 is 17.6 Å². The Balaban J connectivity index is 3.97. The van der Waals surface area contributed by atoms with Gasteiger partial charge in [-0.05, 0) is 33.6 Å². The highest BCUT2D eigenvalue weighted by Gasteiger charge is 2.13. The minimum absolute atomic E-state index is 0.0934. The molecule has 0 bridgehead atoms. The van der Waals surface area contributed by atoms with Gasteiger partial charge >= 0.3 is 0 Å². The number of allylic oxidation sites excluding steroid dienone is 3. The van der Waals surface area contributed by atoms with Crippen LogP contribution in [-0.2, 0) is 14.4 Å². The molecule has 0 fully saturated rings. The maximum absolute atomic E-state index is 11.4. The average Bonchev–Trinajstić information content (AvgIpc) is 2.35. The fraction of sp³-hybridized carbons (Fsp3) is 0.533. The zero-order chi connectivity index (χ0) is 15.5. The number of carbonyl (C=O) groups is 3. The van der Waals surface area contributed by atoms with Crippen LogP contribution in [0.1, 0.15) is 46.5 Å². The molecule has 0 aliphatic carbocycles. The molecule has 0 spiro atoms. The Morgan fingerprint density at radius 3 is 2.20 bits per heavy atom. The highest BCUT2D eigenvalue weighted by atomic mass is 16.2. The van der Waals surface area contributed by atoms with Crippen LogP contribution in [0.4, 0.5) is 0 Å². The highest BCUT2D eigenvalue weighted by Crippen LogP contribution is 2.05. The van der Waals surface area contributed by atoms with Gasteiger partial charge in [-0.15, -0.1) is 0 Å². The molecule has 20 heavy (non-hydrogen) atoms. The Morgan fingerprint density at radius 1 is 1.00 bits per heavy atom. The molecule has 0 radical (unpaired) electrons. The van der Waals surface area contributed by atoms with Crippen molar-refractivity contribution in [3.05, 3.63) is 23.3 Å². The SMILES string of the molecule is CC(C)=CCC/C(C)=C/CNC(=O)C(=O)CCC(N)=O. The lowest BCUT2D eigenvalue weighted by Crippen LogP contribution is -2.31. The van der Waals surface area contributed by atoms with E-state index in [1.807, 2.05) is 13.0 Å². The number of ketones is 1. The van der Waals surface area contributed by atoms with Crippen LogP contribution in [0.3, 0.4) is 0 Å². The predicted octanol–water partition coefficient (Wildman–Crippen LogP) is 1.63. The van der Waals surface area contributed by atoms with Gasteiger partial charge in [0.2, 0.25) is 11.7 Å². The fourth-order valence-electron chi connectivity index (χ4n) is 1.46. The fourth-order valence-corrected chi connectivity index (χ4v) is 1.46. The highest BCUT2D eigenvalue weighted by molar-refractivity contribution is 6.36. The predicted molar refractivity (Wildman–Crippen MR) is 78.9 cm³/mol. The number of hydrogen-bond donors (Lipinski definition) is 2. The van der Waals surface area contributed by atoms with Crippen molar-refractivity contribution in [2.24, 2.45) is 5.73 Å². The number of nitrogens with one attached hydrogen (secondary N) is 1. The summed E-state index contributed by atoms with van der Waals surface area (Å²) in [4.78, 5) is 33.2. The molecule has 0 heterocycles. The van der Waals surface area contributed by atoms with Crippen molar-refractivity contribution in [3.8, 4) is 0 Å². The summed E-state index contributed by atoms with van der Waals surface area (Å²) in [6.07, 6.45) is 5.71. The first-order chi connectivity index (χ1) is 9.32. The number of nitrogens with two attached hydrogens (primary N) is 1. The molecule has 0 aliphatic heterocycles. The third kappa shape index (κ3) is 10.1. The zero-order valence-corrected chi connectivity index (χ0v) is 12.5. The first-order valence-corrected chi connectivity index (χ1v) is 6.71. The topological polar surface area (TPSA) is 89.3 Å². The normalized spacial score (nSPS) is 10.8. The van der Waals surface area contributed by atoms with E-state index in [-0.39, 0.29) is 12.8 Å². The van der Waals surface area contributed by atoms with Gasteiger partial charge in [-0.2, -0.15) is 0 Å². The molecule has 0 aromatic rings. The molecule has 112 valence electrons. The van der Waals surface area contributed by atoms with E-state index in [0.717, 1.165) is 18.4 Å². The van der Waals surface area contributed by atoms with Crippen molar-refractivity contribution in [1.82, 2.24) is 5.32 Å². The summed E-state index contributed by atoms with van der Waals surface area (Å²) in [7, 11) is 0. The molecule has 0 atom stereocenters. The second kappa shape index (κ2) is 9.95. The summed E-state index contributed by atoms with van der Waals surface area (Å²) < 4.78 is 0. The van der Waals surface area contributed by atoms with Crippen LogP contribution in [0.25, 0.3) is 0 Å². The Labute approximate surface area is 120 Å². The molecule has 5 nitrogen and oxygen atoms in total. The standard InChI is InChI=1S/C15H24N2O3/c1-11(2)5-4-6-12(3)9-10-17-15(20)13(18)7-8-14(16)19/h5,9H,4,6-8,10H2,1-3H3,(H2,16,19)(H,17,20)/b12-9+. The molecule has 2 amide bonds. The van der Waals surface area contributed by atoms with E-state index >= 15 is 0 Å². The summed E-state index contributed by atoms with van der Waals surface area (Å²) in [6, 6.07) is 0. The second-order valence-electron chi connectivity index (χ2n) is 4.97. The minimum atomic E-state index is -0.667. The van der Waals surface area contributed by atoms with Gasteiger partial charge in [-0.3, -0.25) is 14.4 Å². The first-order valence-electron chi connectivity index (χ1n) is 6.71. The minimum Gasteiger partial charge on any atom is -0.370 e. The van der Waals surface area contributed by atoms with Gasteiger partial charge < -0.3 is 11.1 Å². The van der Waals surface area contributed by atoms with E-state index in [0.29, 0.717) is 6.54 Å². The van der Waals surface area contributed by atoms with Crippen molar-refractivity contribution in [2.45, 2.75) is 46.5 Å². The molecule has 0 rings (SSSR count). The van der Waals surface area contributed by atoms with Gasteiger partial charge in [0, 0.05) is 19.4 Å². The van der Waals surface area contributed by atoms with E-state index in [1.165, 1.54) is 5.57 Å². The van der Waals surface area contributed by atoms with Gasteiger partial charge in [0.05, 0.1) is 0 Å². The van der Waals surface area contributed by atoms with Crippen LogP contribution in [0, 0.1) is 0 Å². The number of hydrogen-bond acceptors (Lipinski definition) is 3. The van der Waals surface area contributed by atoms with Crippen molar-refractivity contribution in [2.75, 3.05) is 6.54 Å². The number of Topliss-reactive ketones (excluding diaryl/α,β-unsaturated/α-hetero) is 1. The molecule has 0 saturated heterocycles. The largest absolute Gasteiger partial charge is 0.370 e. The molecule has 0 aromatic carbocycles. The summed E-state index contributed by atoms with van der Waals surface area (Å²) >= 11 is 0. The van der Waals surface area contributed by atoms with E-state index in [4.69, 9.17) is 5.73 Å². The van der Waals surface area contributed by atoms with E-state index in [1.54, 1.807) is 0 Å². The number of amides is 2. The number of primary amides is 1. The van der Waals surface area contributed by atoms with Crippen molar-refractivity contribution >= 4 is 17.6 Å². The maximum Gasteiger partial charge on any atom is 0.287 e. The van der Waals surface area contributed by atoms with Crippen molar-refractivity contribution in [1.29, 1.82) is 0 Å². The smallest absolute Gasteiger partial charge is 0.287 e. The third-order valence-corrected chi connectivity index (χ3v) is 2.66. The van der Waals surface area contributed by atoms with Crippen LogP contribution in [0.2, 0.25) is 0 Å².